The molecule has 1 rings (SSSR count). The molecule has 0 bridgehead atoms. The fourth-order valence-corrected chi connectivity index (χ4v) is 2.68. The highest BCUT2D eigenvalue weighted by molar-refractivity contribution is 7.89. The number of aryl methyl sites for hydroxylation is 1. The largest absolute Gasteiger partial charge is 0.385 e. The van der Waals surface area contributed by atoms with Crippen LogP contribution in [-0.4, -0.2) is 51.5 Å². The van der Waals surface area contributed by atoms with Crippen molar-refractivity contribution in [3.63, 3.8) is 0 Å². The first-order valence-electron chi connectivity index (χ1n) is 6.82. The summed E-state index contributed by atoms with van der Waals surface area (Å²) in [6, 6.07) is 0. The van der Waals surface area contributed by atoms with Gasteiger partial charge in [-0.3, -0.25) is 4.68 Å². The molecule has 0 aliphatic heterocycles. The summed E-state index contributed by atoms with van der Waals surface area (Å²) in [5, 5.41) is 7.28. The molecular formula is C12H24N4O3S. The van der Waals surface area contributed by atoms with Crippen molar-refractivity contribution < 1.29 is 13.2 Å². The van der Waals surface area contributed by atoms with Crippen LogP contribution in [0.4, 0.5) is 0 Å². The van der Waals surface area contributed by atoms with Crippen molar-refractivity contribution in [2.45, 2.75) is 31.2 Å². The number of hydrogen-bond acceptors (Lipinski definition) is 5. The van der Waals surface area contributed by atoms with E-state index in [1.165, 1.54) is 6.20 Å². The zero-order valence-electron chi connectivity index (χ0n) is 12.1. The van der Waals surface area contributed by atoms with Crippen LogP contribution in [0, 0.1) is 0 Å². The van der Waals surface area contributed by atoms with Gasteiger partial charge in [-0.05, 0) is 25.9 Å². The van der Waals surface area contributed by atoms with Crippen LogP contribution in [0.3, 0.4) is 0 Å². The molecule has 8 heteroatoms. The summed E-state index contributed by atoms with van der Waals surface area (Å²) in [6.07, 6.45) is 4.50. The van der Waals surface area contributed by atoms with Gasteiger partial charge in [0, 0.05) is 33.0 Å². The van der Waals surface area contributed by atoms with Gasteiger partial charge in [0.15, 0.2) is 0 Å². The van der Waals surface area contributed by atoms with Crippen LogP contribution in [-0.2, 0) is 21.3 Å². The van der Waals surface area contributed by atoms with Gasteiger partial charge in [0.25, 0.3) is 0 Å². The summed E-state index contributed by atoms with van der Waals surface area (Å²) >= 11 is 0. The molecule has 0 unspecified atom stereocenters. The molecular weight excluding hydrogens is 280 g/mol. The minimum atomic E-state index is -3.46. The molecule has 0 saturated carbocycles. The molecule has 1 heterocycles. The molecule has 1 aromatic heterocycles. The van der Waals surface area contributed by atoms with Crippen molar-refractivity contribution in [2.24, 2.45) is 0 Å². The maximum atomic E-state index is 12.0. The second-order valence-electron chi connectivity index (χ2n) is 4.39. The zero-order valence-corrected chi connectivity index (χ0v) is 12.9. The van der Waals surface area contributed by atoms with E-state index in [2.05, 4.69) is 15.1 Å². The van der Waals surface area contributed by atoms with Gasteiger partial charge in [-0.2, -0.15) is 5.10 Å². The van der Waals surface area contributed by atoms with E-state index in [1.807, 2.05) is 6.92 Å². The van der Waals surface area contributed by atoms with Gasteiger partial charge in [-0.15, -0.1) is 0 Å². The number of nitrogens with one attached hydrogen (secondary N) is 2. The average Bonchev–Trinajstić information content (AvgIpc) is 2.89. The maximum Gasteiger partial charge on any atom is 0.243 e. The number of ether oxygens (including phenoxy) is 1. The molecule has 0 amide bonds. The Bertz CT molecular complexity index is 473. The molecule has 0 aliphatic rings. The molecule has 20 heavy (non-hydrogen) atoms. The Balaban J connectivity index is 2.44. The van der Waals surface area contributed by atoms with E-state index in [4.69, 9.17) is 4.74 Å². The summed E-state index contributed by atoms with van der Waals surface area (Å²) < 4.78 is 33.0. The normalized spacial score (nSPS) is 11.9. The smallest absolute Gasteiger partial charge is 0.243 e. The van der Waals surface area contributed by atoms with Gasteiger partial charge < -0.3 is 10.1 Å². The van der Waals surface area contributed by atoms with E-state index >= 15 is 0 Å². The van der Waals surface area contributed by atoms with Crippen LogP contribution in [0.15, 0.2) is 17.3 Å². The Labute approximate surface area is 120 Å². The predicted octanol–water partition coefficient (Wildman–Crippen LogP) is 0.198. The Morgan fingerprint density at radius 2 is 2.15 bits per heavy atom. The minimum absolute atomic E-state index is 0.207. The molecule has 0 spiro atoms. The first-order valence-corrected chi connectivity index (χ1v) is 8.30. The first kappa shape index (κ1) is 17.1. The van der Waals surface area contributed by atoms with E-state index in [9.17, 15) is 8.42 Å². The third-order valence-electron chi connectivity index (χ3n) is 2.73. The van der Waals surface area contributed by atoms with Crippen LogP contribution in [0.5, 0.6) is 0 Å². The molecule has 116 valence electrons. The quantitative estimate of drug-likeness (QED) is 0.570. The van der Waals surface area contributed by atoms with Gasteiger partial charge >= 0.3 is 0 Å². The van der Waals surface area contributed by atoms with Gasteiger partial charge in [-0.1, -0.05) is 6.92 Å². The average molecular weight is 304 g/mol. The summed E-state index contributed by atoms with van der Waals surface area (Å²) in [5.74, 6) is 0. The number of methoxy groups -OCH3 is 1. The van der Waals surface area contributed by atoms with Crippen molar-refractivity contribution in [1.82, 2.24) is 19.8 Å². The second kappa shape index (κ2) is 9.06. The molecule has 7 nitrogen and oxygen atoms in total. The van der Waals surface area contributed by atoms with Crippen LogP contribution in [0.2, 0.25) is 0 Å². The number of sulfonamides is 1. The van der Waals surface area contributed by atoms with Gasteiger partial charge in [0.05, 0.1) is 6.20 Å². The van der Waals surface area contributed by atoms with Crippen LogP contribution in [0.25, 0.3) is 0 Å². The Morgan fingerprint density at radius 3 is 2.85 bits per heavy atom. The third kappa shape index (κ3) is 6.00. The summed E-state index contributed by atoms with van der Waals surface area (Å²) in [5.41, 5.74) is 0. The SMILES string of the molecule is CCNCCCn1cc(S(=O)(=O)NCCCOC)cn1. The van der Waals surface area contributed by atoms with Crippen LogP contribution >= 0.6 is 0 Å². The molecule has 0 fully saturated rings. The summed E-state index contributed by atoms with van der Waals surface area (Å²) in [6.45, 7) is 5.48. The van der Waals surface area contributed by atoms with Gasteiger partial charge in [0.1, 0.15) is 4.90 Å². The van der Waals surface area contributed by atoms with Crippen molar-refractivity contribution in [2.75, 3.05) is 33.4 Å². The number of nitrogens with zero attached hydrogens (tertiary/aromatic N) is 2. The zero-order chi connectivity index (χ0) is 14.8. The monoisotopic (exact) mass is 304 g/mol. The highest BCUT2D eigenvalue weighted by atomic mass is 32.2. The van der Waals surface area contributed by atoms with Gasteiger partial charge in [0.2, 0.25) is 10.0 Å². The van der Waals surface area contributed by atoms with E-state index in [0.29, 0.717) is 26.1 Å². The predicted molar refractivity (Wildman–Crippen MR) is 77.1 cm³/mol. The molecule has 2 N–H and O–H groups in total. The number of rotatable bonds is 11. The third-order valence-corrected chi connectivity index (χ3v) is 4.14. The molecule has 0 atom stereocenters. The van der Waals surface area contributed by atoms with Crippen molar-refractivity contribution in [3.05, 3.63) is 12.4 Å². The topological polar surface area (TPSA) is 85.2 Å². The Kier molecular flexibility index (Phi) is 7.75. The highest BCUT2D eigenvalue weighted by Crippen LogP contribution is 2.07. The fourth-order valence-electron chi connectivity index (χ4n) is 1.65. The summed E-state index contributed by atoms with van der Waals surface area (Å²) in [4.78, 5) is 0.207. The molecule has 0 radical (unpaired) electrons. The molecule has 0 aliphatic carbocycles. The van der Waals surface area contributed by atoms with E-state index in [1.54, 1.807) is 18.0 Å². The van der Waals surface area contributed by atoms with Crippen molar-refractivity contribution in [3.8, 4) is 0 Å². The molecule has 0 aromatic carbocycles. The van der Waals surface area contributed by atoms with Crippen LogP contribution < -0.4 is 10.0 Å². The maximum absolute atomic E-state index is 12.0. The van der Waals surface area contributed by atoms with Crippen LogP contribution in [0.1, 0.15) is 19.8 Å². The summed E-state index contributed by atoms with van der Waals surface area (Å²) in [7, 11) is -1.87. The molecule has 1 aromatic rings. The lowest BCUT2D eigenvalue weighted by Crippen LogP contribution is -2.25. The lowest BCUT2D eigenvalue weighted by Gasteiger charge is -2.04. The number of hydrogen-bond donors (Lipinski definition) is 2. The highest BCUT2D eigenvalue weighted by Gasteiger charge is 2.15. The second-order valence-corrected chi connectivity index (χ2v) is 6.16. The molecule has 0 saturated heterocycles. The van der Waals surface area contributed by atoms with Crippen molar-refractivity contribution >= 4 is 10.0 Å². The first-order chi connectivity index (χ1) is 9.60. The lowest BCUT2D eigenvalue weighted by molar-refractivity contribution is 0.196. The Hall–Kier alpha value is -0.960. The van der Waals surface area contributed by atoms with Crippen molar-refractivity contribution in [1.29, 1.82) is 0 Å². The van der Waals surface area contributed by atoms with E-state index in [-0.39, 0.29) is 4.90 Å². The van der Waals surface area contributed by atoms with E-state index < -0.39 is 10.0 Å². The lowest BCUT2D eigenvalue weighted by atomic mass is 10.4. The van der Waals surface area contributed by atoms with E-state index in [0.717, 1.165) is 19.5 Å². The van der Waals surface area contributed by atoms with Gasteiger partial charge in [-0.25, -0.2) is 13.1 Å². The minimum Gasteiger partial charge on any atom is -0.385 e. The fraction of sp³-hybridized carbons (Fsp3) is 0.750. The standard InChI is InChI=1S/C12H24N4O3S/c1-3-13-6-4-8-16-11-12(10-14-16)20(17,18)15-7-5-9-19-2/h10-11,13,15H,3-9H2,1-2H3. The number of aromatic nitrogens is 2. The Morgan fingerprint density at radius 1 is 1.35 bits per heavy atom.